The molecule has 0 fully saturated rings. The van der Waals surface area contributed by atoms with Gasteiger partial charge in [0.25, 0.3) is 0 Å². The average molecular weight is 218 g/mol. The van der Waals surface area contributed by atoms with Crippen molar-refractivity contribution in [1.29, 1.82) is 0 Å². The zero-order chi connectivity index (χ0) is 12.0. The van der Waals surface area contributed by atoms with Crippen molar-refractivity contribution in [2.75, 3.05) is 6.61 Å². The van der Waals surface area contributed by atoms with Gasteiger partial charge in [0, 0.05) is 0 Å². The highest BCUT2D eigenvalue weighted by molar-refractivity contribution is 4.73. The minimum absolute atomic E-state index is 0.110. The molecule has 92 valence electrons. The summed E-state index contributed by atoms with van der Waals surface area (Å²) in [5, 5.41) is 9.94. The van der Waals surface area contributed by atoms with E-state index < -0.39 is 6.10 Å². The molecule has 0 saturated carbocycles. The molecule has 0 aromatic rings. The zero-order valence-corrected chi connectivity index (χ0v) is 10.9. The van der Waals surface area contributed by atoms with Gasteiger partial charge in [0.15, 0.2) is 0 Å². The van der Waals surface area contributed by atoms with E-state index in [1.165, 1.54) is 0 Å². The molecule has 0 radical (unpaired) electrons. The van der Waals surface area contributed by atoms with Crippen LogP contribution >= 0.6 is 0 Å². The Morgan fingerprint density at radius 1 is 0.933 bits per heavy atom. The highest BCUT2D eigenvalue weighted by Gasteiger charge is 2.24. The molecule has 2 unspecified atom stereocenters. The standard InChI is InChI=1S/C12H26O3/c1-8(2)12(13)11(15-10(5)6)7-14-9(3)4/h8-13H,7H2,1-6H3. The van der Waals surface area contributed by atoms with Crippen LogP contribution < -0.4 is 0 Å². The molecule has 0 heterocycles. The van der Waals surface area contributed by atoms with Crippen molar-refractivity contribution < 1.29 is 14.6 Å². The summed E-state index contributed by atoms with van der Waals surface area (Å²) in [6.45, 7) is 12.3. The second kappa shape index (κ2) is 7.20. The van der Waals surface area contributed by atoms with Gasteiger partial charge in [-0.2, -0.15) is 0 Å². The maximum Gasteiger partial charge on any atom is 0.107 e. The number of rotatable bonds is 7. The van der Waals surface area contributed by atoms with Gasteiger partial charge in [-0.05, 0) is 33.6 Å². The molecule has 3 heteroatoms. The number of ether oxygens (including phenoxy) is 2. The van der Waals surface area contributed by atoms with Gasteiger partial charge in [-0.1, -0.05) is 13.8 Å². The second-order valence-corrected chi connectivity index (χ2v) is 4.84. The van der Waals surface area contributed by atoms with Crippen LogP contribution in [0.3, 0.4) is 0 Å². The van der Waals surface area contributed by atoms with Crippen molar-refractivity contribution >= 4 is 0 Å². The molecule has 0 spiro atoms. The normalized spacial score (nSPS) is 16.4. The molecule has 0 saturated heterocycles. The van der Waals surface area contributed by atoms with Crippen LogP contribution in [0.4, 0.5) is 0 Å². The Kier molecular flexibility index (Phi) is 7.14. The van der Waals surface area contributed by atoms with Gasteiger partial charge in [0.1, 0.15) is 6.10 Å². The molecule has 0 bridgehead atoms. The maximum absolute atomic E-state index is 9.94. The predicted molar refractivity (Wildman–Crippen MR) is 61.9 cm³/mol. The fraction of sp³-hybridized carbons (Fsp3) is 1.00. The van der Waals surface area contributed by atoms with Gasteiger partial charge in [0.2, 0.25) is 0 Å². The maximum atomic E-state index is 9.94. The highest BCUT2D eigenvalue weighted by Crippen LogP contribution is 2.13. The van der Waals surface area contributed by atoms with Crippen LogP contribution in [0.25, 0.3) is 0 Å². The van der Waals surface area contributed by atoms with E-state index in [9.17, 15) is 5.11 Å². The molecule has 2 atom stereocenters. The van der Waals surface area contributed by atoms with Gasteiger partial charge in [-0.15, -0.1) is 0 Å². The van der Waals surface area contributed by atoms with Gasteiger partial charge < -0.3 is 14.6 Å². The monoisotopic (exact) mass is 218 g/mol. The first-order valence-electron chi connectivity index (χ1n) is 5.79. The molecule has 0 amide bonds. The molecule has 0 aliphatic heterocycles. The summed E-state index contributed by atoms with van der Waals surface area (Å²) in [6.07, 6.45) is -0.416. The summed E-state index contributed by atoms with van der Waals surface area (Å²) < 4.78 is 11.1. The summed E-state index contributed by atoms with van der Waals surface area (Å²) >= 11 is 0. The van der Waals surface area contributed by atoms with Crippen LogP contribution in [0.5, 0.6) is 0 Å². The van der Waals surface area contributed by atoms with Gasteiger partial charge >= 0.3 is 0 Å². The highest BCUT2D eigenvalue weighted by atomic mass is 16.5. The second-order valence-electron chi connectivity index (χ2n) is 4.84. The van der Waals surface area contributed by atoms with Crippen LogP contribution in [0.2, 0.25) is 0 Å². The Hall–Kier alpha value is -0.120. The van der Waals surface area contributed by atoms with Crippen molar-refractivity contribution in [2.24, 2.45) is 5.92 Å². The summed E-state index contributed by atoms with van der Waals surface area (Å²) in [6, 6.07) is 0. The van der Waals surface area contributed by atoms with Crippen molar-refractivity contribution in [3.63, 3.8) is 0 Å². The van der Waals surface area contributed by atoms with Gasteiger partial charge in [-0.25, -0.2) is 0 Å². The SMILES string of the molecule is CC(C)OCC(OC(C)C)C(O)C(C)C. The lowest BCUT2D eigenvalue weighted by molar-refractivity contribution is -0.120. The lowest BCUT2D eigenvalue weighted by Crippen LogP contribution is -2.39. The molecule has 1 N–H and O–H groups in total. The molecule has 15 heavy (non-hydrogen) atoms. The fourth-order valence-electron chi connectivity index (χ4n) is 1.28. The first-order valence-corrected chi connectivity index (χ1v) is 5.79. The third-order valence-corrected chi connectivity index (χ3v) is 2.10. The van der Waals surface area contributed by atoms with E-state index in [0.29, 0.717) is 6.61 Å². The lowest BCUT2D eigenvalue weighted by atomic mass is 10.0. The first kappa shape index (κ1) is 14.9. The van der Waals surface area contributed by atoms with Crippen LogP contribution in [-0.4, -0.2) is 36.1 Å². The Balaban J connectivity index is 4.17. The Morgan fingerprint density at radius 3 is 1.80 bits per heavy atom. The van der Waals surface area contributed by atoms with E-state index in [0.717, 1.165) is 0 Å². The fourth-order valence-corrected chi connectivity index (χ4v) is 1.28. The molecular formula is C12H26O3. The van der Waals surface area contributed by atoms with Gasteiger partial charge in [0.05, 0.1) is 24.9 Å². The number of aliphatic hydroxyl groups excluding tert-OH is 1. The average Bonchev–Trinajstić information content (AvgIpc) is 2.10. The van der Waals surface area contributed by atoms with Crippen molar-refractivity contribution in [2.45, 2.75) is 66.0 Å². The van der Waals surface area contributed by atoms with E-state index in [4.69, 9.17) is 9.47 Å². The first-order chi connectivity index (χ1) is 6.84. The smallest absolute Gasteiger partial charge is 0.107 e. The predicted octanol–water partition coefficient (Wildman–Crippen LogP) is 2.22. The Morgan fingerprint density at radius 2 is 1.47 bits per heavy atom. The lowest BCUT2D eigenvalue weighted by Gasteiger charge is -2.28. The van der Waals surface area contributed by atoms with Crippen LogP contribution in [0, 0.1) is 5.92 Å². The van der Waals surface area contributed by atoms with Crippen molar-refractivity contribution in [3.05, 3.63) is 0 Å². The minimum Gasteiger partial charge on any atom is -0.390 e. The molecule has 0 aromatic carbocycles. The third-order valence-electron chi connectivity index (χ3n) is 2.10. The van der Waals surface area contributed by atoms with E-state index in [1.54, 1.807) is 0 Å². The summed E-state index contributed by atoms with van der Waals surface area (Å²) in [5.41, 5.74) is 0. The topological polar surface area (TPSA) is 38.7 Å². The molecule has 0 rings (SSSR count). The van der Waals surface area contributed by atoms with E-state index in [2.05, 4.69) is 0 Å². The molecule has 0 aromatic heterocycles. The largest absolute Gasteiger partial charge is 0.390 e. The zero-order valence-electron chi connectivity index (χ0n) is 10.9. The summed E-state index contributed by atoms with van der Waals surface area (Å²) in [4.78, 5) is 0. The quantitative estimate of drug-likeness (QED) is 0.712. The Labute approximate surface area is 93.8 Å². The molecule has 3 nitrogen and oxygen atoms in total. The number of aliphatic hydroxyl groups is 1. The Bertz CT molecular complexity index is 155. The van der Waals surface area contributed by atoms with Crippen LogP contribution in [-0.2, 0) is 9.47 Å². The summed E-state index contributed by atoms with van der Waals surface area (Å²) in [5.74, 6) is 0.185. The van der Waals surface area contributed by atoms with E-state index in [1.807, 2.05) is 41.5 Å². The van der Waals surface area contributed by atoms with E-state index in [-0.39, 0.29) is 24.2 Å². The van der Waals surface area contributed by atoms with Crippen LogP contribution in [0.1, 0.15) is 41.5 Å². The third kappa shape index (κ3) is 6.88. The van der Waals surface area contributed by atoms with Crippen molar-refractivity contribution in [1.82, 2.24) is 0 Å². The molecule has 0 aliphatic carbocycles. The molecular weight excluding hydrogens is 192 g/mol. The summed E-state index contributed by atoms with van der Waals surface area (Å²) in [7, 11) is 0. The van der Waals surface area contributed by atoms with Gasteiger partial charge in [-0.3, -0.25) is 0 Å². The van der Waals surface area contributed by atoms with Crippen LogP contribution in [0.15, 0.2) is 0 Å². The van der Waals surface area contributed by atoms with Crippen molar-refractivity contribution in [3.8, 4) is 0 Å². The molecule has 0 aliphatic rings. The number of hydrogen-bond donors (Lipinski definition) is 1. The minimum atomic E-state index is -0.467. The number of hydrogen-bond acceptors (Lipinski definition) is 3. The van der Waals surface area contributed by atoms with E-state index >= 15 is 0 Å².